The van der Waals surface area contributed by atoms with Gasteiger partial charge in [-0.2, -0.15) is 0 Å². The zero-order chi connectivity index (χ0) is 20.5. The van der Waals surface area contributed by atoms with Crippen molar-refractivity contribution in [2.45, 2.75) is 19.0 Å². The monoisotopic (exact) mass is 395 g/mol. The summed E-state index contributed by atoms with van der Waals surface area (Å²) < 4.78 is 0. The van der Waals surface area contributed by atoms with Crippen LogP contribution in [-0.4, -0.2) is 29.1 Å². The number of halogens is 1. The van der Waals surface area contributed by atoms with Gasteiger partial charge in [-0.3, -0.25) is 14.8 Å². The zero-order valence-corrected chi connectivity index (χ0v) is 15.7. The van der Waals surface area contributed by atoms with Crippen LogP contribution in [0.15, 0.2) is 48.5 Å². The van der Waals surface area contributed by atoms with E-state index in [0.717, 1.165) is 5.56 Å². The Morgan fingerprint density at radius 3 is 1.96 bits per heavy atom. The van der Waals surface area contributed by atoms with E-state index < -0.39 is 23.9 Å². The van der Waals surface area contributed by atoms with E-state index in [4.69, 9.17) is 22.5 Å². The molecule has 6 nitrogen and oxygen atoms in total. The van der Waals surface area contributed by atoms with E-state index in [1.807, 2.05) is 0 Å². The van der Waals surface area contributed by atoms with Gasteiger partial charge in [0.05, 0.1) is 0 Å². The van der Waals surface area contributed by atoms with Crippen molar-refractivity contribution in [1.82, 2.24) is 10.8 Å². The highest BCUT2D eigenvalue weighted by molar-refractivity contribution is 6.30. The largest absolute Gasteiger partial charge is 0.339 e. The second kappa shape index (κ2) is 10.1. The molecule has 2 aromatic rings. The first-order valence-corrected chi connectivity index (χ1v) is 8.66. The summed E-state index contributed by atoms with van der Waals surface area (Å²) in [6.07, 6.45) is 0. The molecule has 0 aromatic heterocycles. The molecular weight excluding hydrogens is 378 g/mol. The first-order chi connectivity index (χ1) is 13.4. The van der Waals surface area contributed by atoms with Crippen LogP contribution in [-0.2, 0) is 4.79 Å². The Balaban J connectivity index is 2.03. The lowest BCUT2D eigenvalue weighted by atomic mass is 10.1. The van der Waals surface area contributed by atoms with Crippen LogP contribution in [0.4, 0.5) is 0 Å². The molecule has 2 aromatic carbocycles. The maximum Gasteiger partial charge on any atom is 0.267 e. The van der Waals surface area contributed by atoms with Gasteiger partial charge in [-0.1, -0.05) is 23.4 Å². The van der Waals surface area contributed by atoms with Crippen molar-refractivity contribution >= 4 is 23.4 Å². The van der Waals surface area contributed by atoms with Crippen LogP contribution in [0.5, 0.6) is 0 Å². The minimum absolute atomic E-state index is 0.328. The number of hydroxylamine groups is 1. The summed E-state index contributed by atoms with van der Waals surface area (Å²) in [7, 11) is 0. The number of benzene rings is 2. The molecule has 0 aliphatic carbocycles. The lowest BCUT2D eigenvalue weighted by molar-refractivity contribution is -0.131. The third kappa shape index (κ3) is 6.15. The van der Waals surface area contributed by atoms with Crippen LogP contribution in [0.3, 0.4) is 0 Å². The van der Waals surface area contributed by atoms with Crippen molar-refractivity contribution in [2.24, 2.45) is 5.73 Å². The molecule has 0 saturated heterocycles. The highest BCUT2D eigenvalue weighted by Crippen LogP contribution is 2.08. The smallest absolute Gasteiger partial charge is 0.267 e. The number of carbonyl (C=O) groups excluding carboxylic acids is 2. The van der Waals surface area contributed by atoms with E-state index in [1.54, 1.807) is 55.5 Å². The Hall–Kier alpha value is -3.29. The van der Waals surface area contributed by atoms with Gasteiger partial charge in [0.25, 0.3) is 11.8 Å². The van der Waals surface area contributed by atoms with Crippen molar-refractivity contribution < 1.29 is 14.8 Å². The Kier molecular flexibility index (Phi) is 7.62. The fourth-order valence-corrected chi connectivity index (χ4v) is 2.30. The number of nitrogens with two attached hydrogens (primary N) is 1. The van der Waals surface area contributed by atoms with Gasteiger partial charge in [0.1, 0.15) is 6.04 Å². The molecule has 0 aliphatic heterocycles. The standard InChI is InChI=1S/C21H18ClN3O3/c1-14(23)19(21(27)25-28)24-20(26)17-10-6-15(7-11-17)4-2-3-5-16-8-12-18(22)13-9-16/h6-14,19,28H,23H2,1H3,(H,24,26)(H,25,27)/t14-,19+/m1/s1. The second-order valence-electron chi connectivity index (χ2n) is 5.87. The number of hydrogen-bond acceptors (Lipinski definition) is 4. The lowest BCUT2D eigenvalue weighted by Crippen LogP contribution is -2.54. The minimum atomic E-state index is -1.06. The average molecular weight is 396 g/mol. The topological polar surface area (TPSA) is 104 Å². The van der Waals surface area contributed by atoms with Gasteiger partial charge in [0.15, 0.2) is 0 Å². The van der Waals surface area contributed by atoms with E-state index in [1.165, 1.54) is 5.48 Å². The molecule has 0 bridgehead atoms. The van der Waals surface area contributed by atoms with Gasteiger partial charge in [0.2, 0.25) is 0 Å². The predicted molar refractivity (Wildman–Crippen MR) is 106 cm³/mol. The minimum Gasteiger partial charge on any atom is -0.339 e. The van der Waals surface area contributed by atoms with Gasteiger partial charge in [0, 0.05) is 27.8 Å². The number of rotatable bonds is 4. The normalized spacial score (nSPS) is 11.7. The first kappa shape index (κ1) is 21.0. The quantitative estimate of drug-likeness (QED) is 0.359. The van der Waals surface area contributed by atoms with Gasteiger partial charge in [-0.15, -0.1) is 0 Å². The van der Waals surface area contributed by atoms with E-state index in [9.17, 15) is 9.59 Å². The molecule has 2 rings (SSSR count). The van der Waals surface area contributed by atoms with Gasteiger partial charge >= 0.3 is 0 Å². The summed E-state index contributed by atoms with van der Waals surface area (Å²) in [5.41, 5.74) is 8.96. The van der Waals surface area contributed by atoms with Crippen molar-refractivity contribution in [3.8, 4) is 23.7 Å². The summed E-state index contributed by atoms with van der Waals surface area (Å²) in [4.78, 5) is 23.8. The van der Waals surface area contributed by atoms with Crippen LogP contribution in [0, 0.1) is 23.7 Å². The molecule has 7 heteroatoms. The molecule has 0 radical (unpaired) electrons. The molecule has 142 valence electrons. The van der Waals surface area contributed by atoms with Crippen molar-refractivity contribution in [1.29, 1.82) is 0 Å². The Labute approximate surface area is 168 Å². The summed E-state index contributed by atoms with van der Waals surface area (Å²) >= 11 is 5.81. The maximum atomic E-state index is 12.2. The van der Waals surface area contributed by atoms with Gasteiger partial charge in [-0.25, -0.2) is 5.48 Å². The first-order valence-electron chi connectivity index (χ1n) is 8.28. The van der Waals surface area contributed by atoms with E-state index in [0.29, 0.717) is 16.1 Å². The number of amides is 2. The van der Waals surface area contributed by atoms with Crippen LogP contribution in [0.25, 0.3) is 0 Å². The van der Waals surface area contributed by atoms with E-state index in [-0.39, 0.29) is 0 Å². The third-order valence-electron chi connectivity index (χ3n) is 3.67. The predicted octanol–water partition coefficient (Wildman–Crippen LogP) is 1.69. The van der Waals surface area contributed by atoms with Crippen LogP contribution >= 0.6 is 11.6 Å². The fraction of sp³-hybridized carbons (Fsp3) is 0.143. The Morgan fingerprint density at radius 2 is 1.50 bits per heavy atom. The molecular formula is C21H18ClN3O3. The summed E-state index contributed by atoms with van der Waals surface area (Å²) in [5, 5.41) is 11.8. The molecule has 28 heavy (non-hydrogen) atoms. The molecule has 0 spiro atoms. The number of hydrogen-bond donors (Lipinski definition) is 4. The molecule has 2 amide bonds. The maximum absolute atomic E-state index is 12.2. The van der Waals surface area contributed by atoms with E-state index in [2.05, 4.69) is 29.0 Å². The molecule has 0 fully saturated rings. The average Bonchev–Trinajstić information content (AvgIpc) is 2.70. The van der Waals surface area contributed by atoms with Crippen LogP contribution in [0.2, 0.25) is 5.02 Å². The highest BCUT2D eigenvalue weighted by atomic mass is 35.5. The number of carbonyl (C=O) groups is 2. The van der Waals surface area contributed by atoms with Crippen molar-refractivity contribution in [3.05, 3.63) is 70.2 Å². The Morgan fingerprint density at radius 1 is 1.00 bits per heavy atom. The molecule has 0 saturated carbocycles. The summed E-state index contributed by atoms with van der Waals surface area (Å²) in [6.45, 7) is 1.55. The SMILES string of the molecule is C[C@@H](N)[C@H](NC(=O)c1ccc(C#CC#Cc2ccc(Cl)cc2)cc1)C(=O)NO. The molecule has 0 heterocycles. The van der Waals surface area contributed by atoms with Crippen LogP contribution in [0.1, 0.15) is 28.4 Å². The van der Waals surface area contributed by atoms with Gasteiger partial charge in [-0.05, 0) is 67.3 Å². The van der Waals surface area contributed by atoms with Crippen LogP contribution < -0.4 is 16.5 Å². The fourth-order valence-electron chi connectivity index (χ4n) is 2.17. The molecule has 5 N–H and O–H groups in total. The number of nitrogens with one attached hydrogen (secondary N) is 2. The highest BCUT2D eigenvalue weighted by Gasteiger charge is 2.24. The van der Waals surface area contributed by atoms with Crippen molar-refractivity contribution in [2.75, 3.05) is 0 Å². The van der Waals surface area contributed by atoms with Crippen molar-refractivity contribution in [3.63, 3.8) is 0 Å². The van der Waals surface area contributed by atoms with Gasteiger partial charge < -0.3 is 11.1 Å². The summed E-state index contributed by atoms with van der Waals surface area (Å²) in [5.74, 6) is 9.99. The third-order valence-corrected chi connectivity index (χ3v) is 3.92. The molecule has 2 atom stereocenters. The van der Waals surface area contributed by atoms with E-state index >= 15 is 0 Å². The Bertz CT molecular complexity index is 962. The molecule has 0 aliphatic rings. The second-order valence-corrected chi connectivity index (χ2v) is 6.31. The summed E-state index contributed by atoms with van der Waals surface area (Å²) in [6, 6.07) is 11.8. The molecule has 0 unspecified atom stereocenters. The lowest BCUT2D eigenvalue weighted by Gasteiger charge is -2.19. The zero-order valence-electron chi connectivity index (χ0n) is 15.0.